The molecule has 1 heterocycles. The van der Waals surface area contributed by atoms with Gasteiger partial charge in [-0.05, 0) is 46.9 Å². The van der Waals surface area contributed by atoms with Gasteiger partial charge in [-0.15, -0.1) is 0 Å². The smallest absolute Gasteiger partial charge is 0.171 e. The largest absolute Gasteiger partial charge is 0.380 e. The quantitative estimate of drug-likeness (QED) is 0.142. The summed E-state index contributed by atoms with van der Waals surface area (Å²) in [4.78, 5) is 0. The first-order valence-corrected chi connectivity index (χ1v) is 19.2. The van der Waals surface area contributed by atoms with Crippen LogP contribution < -0.4 is 31.8 Å². The molecule has 1 aliphatic heterocycles. The molecule has 234 valence electrons. The lowest BCUT2D eigenvalue weighted by atomic mass is 9.94. The van der Waals surface area contributed by atoms with Gasteiger partial charge in [-0.3, -0.25) is 0 Å². The van der Waals surface area contributed by atoms with Crippen LogP contribution in [0, 0.1) is 0 Å². The highest BCUT2D eigenvalue weighted by atomic mass is 31.2. The molecule has 0 aliphatic carbocycles. The highest BCUT2D eigenvalue weighted by Crippen LogP contribution is 2.52. The third-order valence-corrected chi connectivity index (χ3v) is 14.6. The molecule has 2 atom stereocenters. The van der Waals surface area contributed by atoms with Crippen LogP contribution in [0.25, 0.3) is 0 Å². The first kappa shape index (κ1) is 31.5. The second kappa shape index (κ2) is 13.9. The summed E-state index contributed by atoms with van der Waals surface area (Å²) in [6, 6.07) is 54.3. The second-order valence-electron chi connectivity index (χ2n) is 11.8. The predicted molar refractivity (Wildman–Crippen MR) is 198 cm³/mol. The Morgan fingerprint density at radius 2 is 1.17 bits per heavy atom. The lowest BCUT2D eigenvalue weighted by Crippen LogP contribution is -2.30. The van der Waals surface area contributed by atoms with Crippen molar-refractivity contribution in [2.75, 3.05) is 7.11 Å². The Morgan fingerprint density at radius 3 is 1.70 bits per heavy atom. The van der Waals surface area contributed by atoms with Crippen molar-refractivity contribution < 1.29 is 14.0 Å². The molecule has 0 saturated heterocycles. The van der Waals surface area contributed by atoms with E-state index < -0.39 is 21.2 Å². The van der Waals surface area contributed by atoms with Crippen molar-refractivity contribution >= 4 is 46.9 Å². The summed E-state index contributed by atoms with van der Waals surface area (Å²) in [5.41, 5.74) is 4.34. The molecule has 0 unspecified atom stereocenters. The number of methoxy groups -OCH3 is 1. The maximum absolute atomic E-state index is 15.9. The van der Waals surface area contributed by atoms with E-state index in [1.165, 1.54) is 15.9 Å². The third kappa shape index (κ3) is 5.84. The highest BCUT2D eigenvalue weighted by Gasteiger charge is 2.42. The Hall–Kier alpha value is -4.10. The molecule has 0 N–H and O–H groups in total. The standard InChI is InChI=1S/C42H38O3P2/c1-3-37-36-27-17-29-39(47(43,34-23-12-6-13-24-34)35-25-14-7-15-26-35)41(36)42(45-37)40-31(30-44-2)18-16-28-38(40)46(32-19-8-4-9-20-32)33-21-10-5-11-22-33/h4-29,37,42H,3,30H2,1-2H3/t37-,42+/m0/s1. The molecule has 0 radical (unpaired) electrons. The van der Waals surface area contributed by atoms with Crippen molar-refractivity contribution in [1.29, 1.82) is 0 Å². The SMILES string of the molecule is CC[C@@H]1O[C@H](c2c(COC)cccc2P(c2ccccc2)c2ccccc2)c2c1cccc2P(=O)(c1ccccc1)c1ccccc1. The fourth-order valence-corrected chi connectivity index (χ4v) is 12.4. The summed E-state index contributed by atoms with van der Waals surface area (Å²) in [7, 11) is -2.50. The Labute approximate surface area is 279 Å². The van der Waals surface area contributed by atoms with E-state index in [0.717, 1.165) is 44.6 Å². The maximum atomic E-state index is 15.9. The van der Waals surface area contributed by atoms with Gasteiger partial charge in [0.2, 0.25) is 0 Å². The van der Waals surface area contributed by atoms with E-state index in [2.05, 4.69) is 104 Å². The fourth-order valence-electron chi connectivity index (χ4n) is 6.91. The van der Waals surface area contributed by atoms with Gasteiger partial charge in [-0.1, -0.05) is 165 Å². The van der Waals surface area contributed by atoms with E-state index in [0.29, 0.717) is 6.61 Å². The van der Waals surface area contributed by atoms with Crippen molar-refractivity contribution in [2.24, 2.45) is 0 Å². The van der Waals surface area contributed by atoms with Crippen LogP contribution in [0.3, 0.4) is 0 Å². The zero-order valence-corrected chi connectivity index (χ0v) is 28.5. The van der Waals surface area contributed by atoms with Gasteiger partial charge in [0.1, 0.15) is 6.10 Å². The molecular weight excluding hydrogens is 614 g/mol. The minimum atomic E-state index is -3.30. The summed E-state index contributed by atoms with van der Waals surface area (Å²) in [6.45, 7) is 2.61. The van der Waals surface area contributed by atoms with E-state index in [9.17, 15) is 0 Å². The molecule has 3 nitrogen and oxygen atoms in total. The Bertz CT molecular complexity index is 1910. The molecule has 47 heavy (non-hydrogen) atoms. The minimum absolute atomic E-state index is 0.127. The van der Waals surface area contributed by atoms with Crippen LogP contribution in [0.5, 0.6) is 0 Å². The summed E-state index contributed by atoms with van der Waals surface area (Å²) >= 11 is 0. The van der Waals surface area contributed by atoms with E-state index in [-0.39, 0.29) is 6.10 Å². The van der Waals surface area contributed by atoms with E-state index in [1.807, 2.05) is 60.7 Å². The Balaban J connectivity index is 1.53. The fraction of sp³-hybridized carbons (Fsp3) is 0.143. The third-order valence-electron chi connectivity index (χ3n) is 8.98. The number of rotatable bonds is 10. The van der Waals surface area contributed by atoms with Crippen LogP contribution in [0.15, 0.2) is 158 Å². The van der Waals surface area contributed by atoms with Gasteiger partial charge in [0, 0.05) is 28.6 Å². The molecule has 5 heteroatoms. The molecule has 0 saturated carbocycles. The van der Waals surface area contributed by atoms with Gasteiger partial charge in [0.05, 0.1) is 12.7 Å². The van der Waals surface area contributed by atoms with Crippen LogP contribution >= 0.6 is 15.1 Å². The molecule has 0 amide bonds. The molecule has 0 fully saturated rings. The topological polar surface area (TPSA) is 35.5 Å². The number of ether oxygens (including phenoxy) is 2. The summed E-state index contributed by atoms with van der Waals surface area (Å²) in [5.74, 6) is 0. The first-order valence-electron chi connectivity index (χ1n) is 16.2. The highest BCUT2D eigenvalue weighted by molar-refractivity contribution is 7.85. The van der Waals surface area contributed by atoms with Gasteiger partial charge in [0.15, 0.2) is 7.14 Å². The van der Waals surface area contributed by atoms with Crippen LogP contribution in [-0.4, -0.2) is 7.11 Å². The van der Waals surface area contributed by atoms with Crippen molar-refractivity contribution in [3.63, 3.8) is 0 Å². The normalized spacial score (nSPS) is 15.9. The molecule has 1 aliphatic rings. The van der Waals surface area contributed by atoms with Gasteiger partial charge in [-0.2, -0.15) is 0 Å². The molecule has 7 rings (SSSR count). The van der Waals surface area contributed by atoms with Crippen molar-refractivity contribution in [1.82, 2.24) is 0 Å². The summed E-state index contributed by atoms with van der Waals surface area (Å²) in [5, 5.41) is 6.24. The van der Waals surface area contributed by atoms with Crippen LogP contribution in [0.4, 0.5) is 0 Å². The molecule has 0 aromatic heterocycles. The number of fused-ring (bicyclic) bond motifs is 1. The molecule has 0 bridgehead atoms. The molecule has 0 spiro atoms. The van der Waals surface area contributed by atoms with Crippen molar-refractivity contribution in [3.05, 3.63) is 180 Å². The Kier molecular flexibility index (Phi) is 9.34. The number of benzene rings is 6. The summed E-state index contributed by atoms with van der Waals surface area (Å²) in [6.07, 6.45) is 0.255. The Morgan fingerprint density at radius 1 is 0.638 bits per heavy atom. The zero-order chi connectivity index (χ0) is 32.2. The van der Waals surface area contributed by atoms with Gasteiger partial charge < -0.3 is 14.0 Å². The molecular formula is C42H38O3P2. The van der Waals surface area contributed by atoms with Crippen molar-refractivity contribution in [3.8, 4) is 0 Å². The van der Waals surface area contributed by atoms with Crippen LogP contribution in [0.2, 0.25) is 0 Å². The lowest BCUT2D eigenvalue weighted by Gasteiger charge is -2.29. The van der Waals surface area contributed by atoms with Crippen molar-refractivity contribution in [2.45, 2.75) is 32.2 Å². The average Bonchev–Trinajstić information content (AvgIpc) is 3.52. The average molecular weight is 653 g/mol. The van der Waals surface area contributed by atoms with Crippen LogP contribution in [0.1, 0.15) is 47.8 Å². The zero-order valence-electron chi connectivity index (χ0n) is 26.7. The summed E-state index contributed by atoms with van der Waals surface area (Å²) < 4.78 is 29.0. The van der Waals surface area contributed by atoms with E-state index in [4.69, 9.17) is 9.47 Å². The molecule has 6 aromatic carbocycles. The maximum Gasteiger partial charge on any atom is 0.171 e. The van der Waals surface area contributed by atoms with E-state index >= 15 is 4.57 Å². The second-order valence-corrected chi connectivity index (χ2v) is 16.7. The van der Waals surface area contributed by atoms with Gasteiger partial charge >= 0.3 is 0 Å². The number of hydrogen-bond acceptors (Lipinski definition) is 3. The lowest BCUT2D eigenvalue weighted by molar-refractivity contribution is 0.0310. The van der Waals surface area contributed by atoms with E-state index in [1.54, 1.807) is 7.11 Å². The van der Waals surface area contributed by atoms with Gasteiger partial charge in [0.25, 0.3) is 0 Å². The first-order chi connectivity index (χ1) is 23.1. The molecule has 6 aromatic rings. The minimum Gasteiger partial charge on any atom is -0.380 e. The monoisotopic (exact) mass is 652 g/mol. The predicted octanol–water partition coefficient (Wildman–Crippen LogP) is 7.80. The number of hydrogen-bond donors (Lipinski definition) is 0. The van der Waals surface area contributed by atoms with Crippen LogP contribution in [-0.2, 0) is 20.6 Å². The van der Waals surface area contributed by atoms with Gasteiger partial charge in [-0.25, -0.2) is 0 Å².